The molecule has 0 N–H and O–H groups in total. The standard InChI is InChI=1S/C31H25N3O3S2/c1-20-9-14-25-27(16-20)39-30(32-25)22-10-12-23(13-11-22)34-29(36)18-26(31(34)37)33(19-24-8-5-15-38-24)28(35)17-21-6-3-2-4-7-21/h2-16,26H,17-19H2,1H3. The summed E-state index contributed by atoms with van der Waals surface area (Å²) < 4.78 is 1.12. The zero-order valence-corrected chi connectivity index (χ0v) is 22.9. The summed E-state index contributed by atoms with van der Waals surface area (Å²) in [7, 11) is 0. The molecule has 1 unspecified atom stereocenters. The van der Waals surface area contributed by atoms with Crippen LogP contribution in [0.25, 0.3) is 20.8 Å². The van der Waals surface area contributed by atoms with Crippen molar-refractivity contribution in [1.82, 2.24) is 9.88 Å². The minimum atomic E-state index is -0.844. The Hall–Kier alpha value is -4.14. The maximum atomic E-state index is 13.7. The number of carbonyl (C=O) groups is 3. The molecule has 1 saturated heterocycles. The maximum absolute atomic E-state index is 13.7. The molecule has 39 heavy (non-hydrogen) atoms. The van der Waals surface area contributed by atoms with E-state index in [-0.39, 0.29) is 37.1 Å². The van der Waals surface area contributed by atoms with Gasteiger partial charge in [0, 0.05) is 10.4 Å². The second-order valence-electron chi connectivity index (χ2n) is 9.59. The summed E-state index contributed by atoms with van der Waals surface area (Å²) in [5.41, 5.74) is 4.42. The number of carbonyl (C=O) groups excluding carboxylic acids is 3. The molecule has 1 aliphatic heterocycles. The Labute approximate surface area is 234 Å². The Morgan fingerprint density at radius 3 is 2.54 bits per heavy atom. The summed E-state index contributed by atoms with van der Waals surface area (Å²) >= 11 is 3.14. The molecule has 1 aliphatic rings. The number of benzene rings is 3. The van der Waals surface area contributed by atoms with Crippen LogP contribution in [0.5, 0.6) is 0 Å². The van der Waals surface area contributed by atoms with Crippen molar-refractivity contribution >= 4 is 56.3 Å². The van der Waals surface area contributed by atoms with Gasteiger partial charge in [0.25, 0.3) is 5.91 Å². The fourth-order valence-electron chi connectivity index (χ4n) is 4.85. The highest BCUT2D eigenvalue weighted by Gasteiger charge is 2.44. The molecular formula is C31H25N3O3S2. The molecule has 0 bridgehead atoms. The van der Waals surface area contributed by atoms with Crippen LogP contribution in [0.15, 0.2) is 90.3 Å². The molecule has 2 aromatic heterocycles. The highest BCUT2D eigenvalue weighted by atomic mass is 32.1. The average Bonchev–Trinajstić information content (AvgIpc) is 3.67. The summed E-state index contributed by atoms with van der Waals surface area (Å²) in [6.07, 6.45) is 0.129. The van der Waals surface area contributed by atoms with Gasteiger partial charge in [0.05, 0.1) is 35.3 Å². The summed E-state index contributed by atoms with van der Waals surface area (Å²) in [6.45, 7) is 2.35. The van der Waals surface area contributed by atoms with Crippen molar-refractivity contribution in [3.63, 3.8) is 0 Å². The van der Waals surface area contributed by atoms with Crippen LogP contribution in [0.3, 0.4) is 0 Å². The lowest BCUT2D eigenvalue weighted by Crippen LogP contribution is -2.45. The normalized spacial score (nSPS) is 15.3. The third-order valence-corrected chi connectivity index (χ3v) is 8.77. The van der Waals surface area contributed by atoms with E-state index in [9.17, 15) is 14.4 Å². The molecular weight excluding hydrogens is 526 g/mol. The van der Waals surface area contributed by atoms with Gasteiger partial charge in [-0.1, -0.05) is 42.5 Å². The zero-order valence-electron chi connectivity index (χ0n) is 21.2. The summed E-state index contributed by atoms with van der Waals surface area (Å²) in [4.78, 5) is 48.7. The number of imide groups is 1. The van der Waals surface area contributed by atoms with E-state index >= 15 is 0 Å². The Balaban J connectivity index is 1.25. The van der Waals surface area contributed by atoms with Crippen molar-refractivity contribution in [3.05, 3.63) is 106 Å². The summed E-state index contributed by atoms with van der Waals surface area (Å²) in [5.74, 6) is -0.859. The summed E-state index contributed by atoms with van der Waals surface area (Å²) in [5, 5.41) is 2.82. The highest BCUT2D eigenvalue weighted by Crippen LogP contribution is 2.33. The van der Waals surface area contributed by atoms with Gasteiger partial charge in [-0.05, 0) is 65.9 Å². The first-order valence-corrected chi connectivity index (χ1v) is 14.4. The van der Waals surface area contributed by atoms with E-state index in [1.807, 2.05) is 72.1 Å². The zero-order chi connectivity index (χ0) is 26.9. The average molecular weight is 552 g/mol. The molecule has 1 fully saturated rings. The van der Waals surface area contributed by atoms with E-state index in [2.05, 4.69) is 13.0 Å². The van der Waals surface area contributed by atoms with Gasteiger partial charge in [0.2, 0.25) is 11.8 Å². The second-order valence-corrected chi connectivity index (χ2v) is 11.7. The first-order chi connectivity index (χ1) is 19.0. The molecule has 8 heteroatoms. The van der Waals surface area contributed by atoms with Crippen molar-refractivity contribution in [1.29, 1.82) is 0 Å². The quantitative estimate of drug-likeness (QED) is 0.225. The molecule has 6 nitrogen and oxygen atoms in total. The largest absolute Gasteiger partial charge is 0.325 e. The van der Waals surface area contributed by atoms with Crippen LogP contribution in [0.4, 0.5) is 5.69 Å². The van der Waals surface area contributed by atoms with E-state index in [0.717, 1.165) is 31.2 Å². The number of thiophene rings is 1. The first-order valence-electron chi connectivity index (χ1n) is 12.7. The molecule has 3 heterocycles. The number of anilines is 1. The smallest absolute Gasteiger partial charge is 0.257 e. The van der Waals surface area contributed by atoms with Crippen molar-refractivity contribution in [2.45, 2.75) is 32.4 Å². The molecule has 6 rings (SSSR count). The first kappa shape index (κ1) is 25.2. The number of thiazole rings is 1. The van der Waals surface area contributed by atoms with Gasteiger partial charge in [-0.2, -0.15) is 0 Å². The molecule has 0 spiro atoms. The fourth-order valence-corrected chi connectivity index (χ4v) is 6.63. The van der Waals surface area contributed by atoms with Crippen molar-refractivity contribution < 1.29 is 14.4 Å². The van der Waals surface area contributed by atoms with E-state index < -0.39 is 6.04 Å². The van der Waals surface area contributed by atoms with Crippen molar-refractivity contribution in [2.75, 3.05) is 4.90 Å². The Bertz CT molecular complexity index is 1660. The molecule has 0 radical (unpaired) electrons. The van der Waals surface area contributed by atoms with Gasteiger partial charge in [0.15, 0.2) is 0 Å². The third-order valence-electron chi connectivity index (χ3n) is 6.84. The van der Waals surface area contributed by atoms with E-state index in [0.29, 0.717) is 5.69 Å². The van der Waals surface area contributed by atoms with Crippen molar-refractivity contribution in [3.8, 4) is 10.6 Å². The predicted octanol–water partition coefficient (Wildman–Crippen LogP) is 6.24. The number of rotatable bonds is 7. The van der Waals surface area contributed by atoms with E-state index in [1.54, 1.807) is 28.4 Å². The lowest BCUT2D eigenvalue weighted by Gasteiger charge is -2.27. The topological polar surface area (TPSA) is 70.6 Å². The molecule has 3 aromatic carbocycles. The minimum absolute atomic E-state index is 0.0380. The molecule has 1 atom stereocenters. The third kappa shape index (κ3) is 5.13. The lowest BCUT2D eigenvalue weighted by molar-refractivity contribution is -0.138. The van der Waals surface area contributed by atoms with Crippen LogP contribution in [-0.2, 0) is 27.3 Å². The number of aryl methyl sites for hydroxylation is 1. The molecule has 5 aromatic rings. The number of fused-ring (bicyclic) bond motifs is 1. The number of hydrogen-bond donors (Lipinski definition) is 0. The fraction of sp³-hybridized carbons (Fsp3) is 0.161. The number of hydrogen-bond acceptors (Lipinski definition) is 6. The molecule has 0 aliphatic carbocycles. The van der Waals surface area contributed by atoms with Gasteiger partial charge in [0.1, 0.15) is 11.0 Å². The van der Waals surface area contributed by atoms with Gasteiger partial charge in [-0.15, -0.1) is 22.7 Å². The van der Waals surface area contributed by atoms with Gasteiger partial charge in [-0.25, -0.2) is 9.88 Å². The van der Waals surface area contributed by atoms with E-state index in [4.69, 9.17) is 4.98 Å². The van der Waals surface area contributed by atoms with Crippen LogP contribution in [0, 0.1) is 6.92 Å². The predicted molar refractivity (Wildman–Crippen MR) is 156 cm³/mol. The lowest BCUT2D eigenvalue weighted by atomic mass is 10.1. The Kier molecular flexibility index (Phi) is 6.81. The Morgan fingerprint density at radius 2 is 1.79 bits per heavy atom. The van der Waals surface area contributed by atoms with Crippen LogP contribution in [0.2, 0.25) is 0 Å². The number of nitrogens with zero attached hydrogens (tertiary/aromatic N) is 3. The van der Waals surface area contributed by atoms with E-state index in [1.165, 1.54) is 21.8 Å². The monoisotopic (exact) mass is 551 g/mol. The SMILES string of the molecule is Cc1ccc2nc(-c3ccc(N4C(=O)CC(N(Cc5cccs5)C(=O)Cc5ccccc5)C4=O)cc3)sc2c1. The Morgan fingerprint density at radius 1 is 1.00 bits per heavy atom. The summed E-state index contributed by atoms with van der Waals surface area (Å²) in [6, 6.07) is 26.0. The number of amides is 3. The maximum Gasteiger partial charge on any atom is 0.257 e. The highest BCUT2D eigenvalue weighted by molar-refractivity contribution is 7.21. The van der Waals surface area contributed by atoms with Gasteiger partial charge in [-0.3, -0.25) is 14.4 Å². The minimum Gasteiger partial charge on any atom is -0.325 e. The molecule has 0 saturated carbocycles. The molecule has 194 valence electrons. The van der Waals surface area contributed by atoms with Gasteiger partial charge >= 0.3 is 0 Å². The second kappa shape index (κ2) is 10.6. The van der Waals surface area contributed by atoms with Crippen molar-refractivity contribution in [2.24, 2.45) is 0 Å². The number of aromatic nitrogens is 1. The van der Waals surface area contributed by atoms with Crippen LogP contribution >= 0.6 is 22.7 Å². The molecule has 3 amide bonds. The van der Waals surface area contributed by atoms with Gasteiger partial charge < -0.3 is 4.90 Å². The van der Waals surface area contributed by atoms with Crippen LogP contribution in [0.1, 0.15) is 22.4 Å². The van der Waals surface area contributed by atoms with Crippen LogP contribution < -0.4 is 4.90 Å². The van der Waals surface area contributed by atoms with Crippen LogP contribution in [-0.4, -0.2) is 33.6 Å².